The number of aryl methyl sites for hydroxylation is 1. The maximum atomic E-state index is 6.28. The summed E-state index contributed by atoms with van der Waals surface area (Å²) in [6, 6.07) is 5.80. The van der Waals surface area contributed by atoms with Crippen LogP contribution in [-0.4, -0.2) is 16.9 Å². The van der Waals surface area contributed by atoms with Gasteiger partial charge < -0.3 is 10.5 Å². The number of ether oxygens (including phenoxy) is 1. The molecular formula is C14H18ClN3O. The number of nitrogens with two attached hydrogens (primary N) is 1. The van der Waals surface area contributed by atoms with E-state index in [1.165, 1.54) is 0 Å². The summed E-state index contributed by atoms with van der Waals surface area (Å²) in [4.78, 5) is 0. The van der Waals surface area contributed by atoms with Crippen LogP contribution >= 0.6 is 11.6 Å². The quantitative estimate of drug-likeness (QED) is 0.936. The Labute approximate surface area is 118 Å². The average molecular weight is 280 g/mol. The van der Waals surface area contributed by atoms with Crippen LogP contribution in [0.3, 0.4) is 0 Å². The van der Waals surface area contributed by atoms with Gasteiger partial charge in [-0.3, -0.25) is 4.68 Å². The summed E-state index contributed by atoms with van der Waals surface area (Å²) in [5.74, 6) is 1.61. The molecule has 0 fully saturated rings. The summed E-state index contributed by atoms with van der Waals surface area (Å²) in [7, 11) is 3.41. The smallest absolute Gasteiger partial charge is 0.146 e. The second-order valence-corrected chi connectivity index (χ2v) is 5.22. The van der Waals surface area contributed by atoms with E-state index in [1.807, 2.05) is 12.1 Å². The topological polar surface area (TPSA) is 53.1 Å². The number of hydrogen-bond donors (Lipinski definition) is 1. The van der Waals surface area contributed by atoms with Crippen molar-refractivity contribution in [2.24, 2.45) is 7.05 Å². The Morgan fingerprint density at radius 2 is 2.00 bits per heavy atom. The minimum atomic E-state index is 0.378. The van der Waals surface area contributed by atoms with Crippen molar-refractivity contribution in [1.82, 2.24) is 9.78 Å². The van der Waals surface area contributed by atoms with E-state index >= 15 is 0 Å². The van der Waals surface area contributed by atoms with Gasteiger partial charge in [-0.15, -0.1) is 0 Å². The fourth-order valence-corrected chi connectivity index (χ4v) is 2.26. The standard InChI is InChI=1S/C14H18ClN3O/c1-8(2)9-5-10(14(19-4)11(15)6-9)12-7-13(16)18(3)17-12/h5-8H,16H2,1-4H3. The van der Waals surface area contributed by atoms with Crippen molar-refractivity contribution in [2.45, 2.75) is 19.8 Å². The molecule has 2 N–H and O–H groups in total. The predicted molar refractivity (Wildman–Crippen MR) is 78.7 cm³/mol. The highest BCUT2D eigenvalue weighted by molar-refractivity contribution is 6.32. The predicted octanol–water partition coefficient (Wildman–Crippen LogP) is 3.45. The molecule has 0 atom stereocenters. The second kappa shape index (κ2) is 5.13. The molecule has 4 nitrogen and oxygen atoms in total. The number of halogens is 1. The minimum Gasteiger partial charge on any atom is -0.494 e. The van der Waals surface area contributed by atoms with Crippen LogP contribution in [0.1, 0.15) is 25.3 Å². The van der Waals surface area contributed by atoms with Gasteiger partial charge in [-0.05, 0) is 23.6 Å². The third-order valence-electron chi connectivity index (χ3n) is 3.13. The van der Waals surface area contributed by atoms with Gasteiger partial charge in [0, 0.05) is 18.7 Å². The summed E-state index contributed by atoms with van der Waals surface area (Å²) in [5, 5.41) is 4.97. The number of aromatic nitrogens is 2. The van der Waals surface area contributed by atoms with Crippen LogP contribution in [-0.2, 0) is 7.05 Å². The fraction of sp³-hybridized carbons (Fsp3) is 0.357. The second-order valence-electron chi connectivity index (χ2n) is 4.82. The monoisotopic (exact) mass is 279 g/mol. The lowest BCUT2D eigenvalue weighted by molar-refractivity contribution is 0.416. The molecule has 0 aliphatic rings. The van der Waals surface area contributed by atoms with Gasteiger partial charge in [0.1, 0.15) is 11.6 Å². The highest BCUT2D eigenvalue weighted by Gasteiger charge is 2.16. The Kier molecular flexibility index (Phi) is 3.71. The van der Waals surface area contributed by atoms with Crippen molar-refractivity contribution >= 4 is 17.4 Å². The molecule has 0 radical (unpaired) electrons. The molecule has 0 spiro atoms. The van der Waals surface area contributed by atoms with Crippen molar-refractivity contribution in [3.63, 3.8) is 0 Å². The molecular weight excluding hydrogens is 262 g/mol. The lowest BCUT2D eigenvalue weighted by Crippen LogP contribution is -1.97. The van der Waals surface area contributed by atoms with E-state index in [0.717, 1.165) is 16.8 Å². The molecule has 0 unspecified atom stereocenters. The number of hydrogen-bond acceptors (Lipinski definition) is 3. The molecule has 1 heterocycles. The third kappa shape index (κ3) is 2.54. The van der Waals surface area contributed by atoms with Gasteiger partial charge >= 0.3 is 0 Å². The molecule has 19 heavy (non-hydrogen) atoms. The summed E-state index contributed by atoms with van der Waals surface area (Å²) in [6.07, 6.45) is 0. The number of methoxy groups -OCH3 is 1. The lowest BCUT2D eigenvalue weighted by Gasteiger charge is -2.13. The van der Waals surface area contributed by atoms with E-state index in [1.54, 1.807) is 18.8 Å². The zero-order chi connectivity index (χ0) is 14.2. The SMILES string of the molecule is COc1c(Cl)cc(C(C)C)cc1-c1cc(N)n(C)n1. The van der Waals surface area contributed by atoms with Crippen LogP contribution < -0.4 is 10.5 Å². The van der Waals surface area contributed by atoms with E-state index in [0.29, 0.717) is 22.5 Å². The molecule has 0 aliphatic carbocycles. The first kappa shape index (κ1) is 13.7. The number of rotatable bonds is 3. The molecule has 102 valence electrons. The Morgan fingerprint density at radius 3 is 2.47 bits per heavy atom. The molecule has 0 aliphatic heterocycles. The Hall–Kier alpha value is -1.68. The van der Waals surface area contributed by atoms with Gasteiger partial charge in [-0.1, -0.05) is 25.4 Å². The Bertz CT molecular complexity index is 585. The van der Waals surface area contributed by atoms with Gasteiger partial charge in [0.2, 0.25) is 0 Å². The largest absolute Gasteiger partial charge is 0.494 e. The van der Waals surface area contributed by atoms with Crippen LogP contribution in [0.5, 0.6) is 5.75 Å². The molecule has 0 saturated carbocycles. The molecule has 2 rings (SSSR count). The third-order valence-corrected chi connectivity index (χ3v) is 3.41. The van der Waals surface area contributed by atoms with E-state index in [4.69, 9.17) is 22.1 Å². The number of benzene rings is 1. The fourth-order valence-electron chi connectivity index (χ4n) is 1.96. The number of nitrogen functional groups attached to an aromatic ring is 1. The van der Waals surface area contributed by atoms with Crippen molar-refractivity contribution in [3.8, 4) is 17.0 Å². The molecule has 0 amide bonds. The highest BCUT2D eigenvalue weighted by atomic mass is 35.5. The normalized spacial score (nSPS) is 11.1. The molecule has 0 saturated heterocycles. The first-order chi connectivity index (χ1) is 8.93. The Morgan fingerprint density at radius 1 is 1.32 bits per heavy atom. The van der Waals surface area contributed by atoms with E-state index in [9.17, 15) is 0 Å². The van der Waals surface area contributed by atoms with E-state index < -0.39 is 0 Å². The van der Waals surface area contributed by atoms with Crippen LogP contribution in [0.4, 0.5) is 5.82 Å². The Balaban J connectivity index is 2.65. The maximum Gasteiger partial charge on any atom is 0.146 e. The van der Waals surface area contributed by atoms with Gasteiger partial charge in [-0.25, -0.2) is 0 Å². The highest BCUT2D eigenvalue weighted by Crippen LogP contribution is 2.38. The van der Waals surface area contributed by atoms with E-state index in [-0.39, 0.29) is 0 Å². The van der Waals surface area contributed by atoms with Gasteiger partial charge in [0.15, 0.2) is 0 Å². The van der Waals surface area contributed by atoms with Crippen molar-refractivity contribution < 1.29 is 4.74 Å². The van der Waals surface area contributed by atoms with Gasteiger partial charge in [0.05, 0.1) is 17.8 Å². The number of nitrogens with zero attached hydrogens (tertiary/aromatic N) is 2. The molecule has 2 aromatic rings. The van der Waals surface area contributed by atoms with Gasteiger partial charge in [-0.2, -0.15) is 5.10 Å². The lowest BCUT2D eigenvalue weighted by atomic mass is 9.99. The van der Waals surface area contributed by atoms with Crippen LogP contribution in [0.2, 0.25) is 5.02 Å². The molecule has 1 aromatic carbocycles. The maximum absolute atomic E-state index is 6.28. The van der Waals surface area contributed by atoms with Crippen LogP contribution in [0, 0.1) is 0 Å². The van der Waals surface area contributed by atoms with Gasteiger partial charge in [0.25, 0.3) is 0 Å². The van der Waals surface area contributed by atoms with Crippen molar-refractivity contribution in [1.29, 1.82) is 0 Å². The molecule has 1 aromatic heterocycles. The van der Waals surface area contributed by atoms with Crippen molar-refractivity contribution in [3.05, 3.63) is 28.8 Å². The first-order valence-electron chi connectivity index (χ1n) is 6.11. The van der Waals surface area contributed by atoms with E-state index in [2.05, 4.69) is 25.0 Å². The molecule has 0 bridgehead atoms. The first-order valence-corrected chi connectivity index (χ1v) is 6.49. The summed E-state index contributed by atoms with van der Waals surface area (Å²) < 4.78 is 7.02. The van der Waals surface area contributed by atoms with Crippen molar-refractivity contribution in [2.75, 3.05) is 12.8 Å². The average Bonchev–Trinajstić information content (AvgIpc) is 2.68. The zero-order valence-electron chi connectivity index (χ0n) is 11.6. The zero-order valence-corrected chi connectivity index (χ0v) is 12.3. The summed E-state index contributed by atoms with van der Waals surface area (Å²) in [6.45, 7) is 4.24. The molecule has 5 heteroatoms. The minimum absolute atomic E-state index is 0.378. The van der Waals surface area contributed by atoms with Crippen LogP contribution in [0.25, 0.3) is 11.3 Å². The number of anilines is 1. The van der Waals surface area contributed by atoms with Crippen LogP contribution in [0.15, 0.2) is 18.2 Å². The summed E-state index contributed by atoms with van der Waals surface area (Å²) >= 11 is 6.28. The summed E-state index contributed by atoms with van der Waals surface area (Å²) in [5.41, 5.74) is 8.61.